The van der Waals surface area contributed by atoms with Crippen LogP contribution in [0.1, 0.15) is 33.8 Å². The largest absolute Gasteiger partial charge is 0.337 e. The molecule has 1 saturated heterocycles. The van der Waals surface area contributed by atoms with Gasteiger partial charge in [-0.1, -0.05) is 29.3 Å². The molecular weight excluding hydrogens is 349 g/mol. The average molecular weight is 364 g/mol. The summed E-state index contributed by atoms with van der Waals surface area (Å²) in [6.45, 7) is 1.47. The lowest BCUT2D eigenvalue weighted by Crippen LogP contribution is -2.29. The smallest absolute Gasteiger partial charge is 0.274 e. The highest BCUT2D eigenvalue weighted by atomic mass is 35.5. The van der Waals surface area contributed by atoms with Gasteiger partial charge in [0.15, 0.2) is 0 Å². The molecule has 1 fully saturated rings. The van der Waals surface area contributed by atoms with E-state index in [1.807, 2.05) is 0 Å². The molecule has 1 aromatic carbocycles. The van der Waals surface area contributed by atoms with Gasteiger partial charge in [-0.05, 0) is 43.2 Å². The van der Waals surface area contributed by atoms with E-state index in [9.17, 15) is 9.59 Å². The molecule has 2 heterocycles. The number of rotatable bonds is 3. The summed E-state index contributed by atoms with van der Waals surface area (Å²) in [6.07, 6.45) is 2.00. The number of carbonyl (C=O) groups is 2. The van der Waals surface area contributed by atoms with Crippen molar-refractivity contribution in [3.8, 4) is 0 Å². The van der Waals surface area contributed by atoms with Crippen LogP contribution < -0.4 is 5.32 Å². The maximum absolute atomic E-state index is 12.4. The molecule has 0 spiro atoms. The lowest BCUT2D eigenvalue weighted by molar-refractivity contribution is 0.0787. The Morgan fingerprint density at radius 1 is 1.04 bits per heavy atom. The van der Waals surface area contributed by atoms with Gasteiger partial charge in [0.1, 0.15) is 11.4 Å². The third kappa shape index (κ3) is 3.68. The monoisotopic (exact) mass is 363 g/mol. The van der Waals surface area contributed by atoms with Crippen molar-refractivity contribution in [1.29, 1.82) is 0 Å². The number of benzene rings is 1. The SMILES string of the molecule is O=C(Nc1ccc(Cl)cc1Cl)c1cccc(C(=O)N2CCCC2)n1. The summed E-state index contributed by atoms with van der Waals surface area (Å²) in [6, 6.07) is 9.60. The van der Waals surface area contributed by atoms with E-state index in [1.54, 1.807) is 41.3 Å². The minimum absolute atomic E-state index is 0.147. The quantitative estimate of drug-likeness (QED) is 0.899. The Balaban J connectivity index is 1.77. The molecule has 0 radical (unpaired) electrons. The molecule has 0 atom stereocenters. The summed E-state index contributed by atoms with van der Waals surface area (Å²) >= 11 is 11.9. The minimum atomic E-state index is -0.435. The van der Waals surface area contributed by atoms with E-state index >= 15 is 0 Å². The molecule has 1 aliphatic rings. The van der Waals surface area contributed by atoms with Gasteiger partial charge in [0, 0.05) is 18.1 Å². The molecule has 7 heteroatoms. The fraction of sp³-hybridized carbons (Fsp3) is 0.235. The molecule has 5 nitrogen and oxygen atoms in total. The number of hydrogen-bond acceptors (Lipinski definition) is 3. The highest BCUT2D eigenvalue weighted by Crippen LogP contribution is 2.25. The molecule has 0 aliphatic carbocycles. The minimum Gasteiger partial charge on any atom is -0.337 e. The van der Waals surface area contributed by atoms with Crippen molar-refractivity contribution in [1.82, 2.24) is 9.88 Å². The number of anilines is 1. The summed E-state index contributed by atoms with van der Waals surface area (Å²) in [7, 11) is 0. The number of amides is 2. The van der Waals surface area contributed by atoms with Crippen molar-refractivity contribution in [3.05, 3.63) is 57.8 Å². The van der Waals surface area contributed by atoms with Gasteiger partial charge < -0.3 is 10.2 Å². The predicted octanol–water partition coefficient (Wildman–Crippen LogP) is 3.88. The van der Waals surface area contributed by atoms with Gasteiger partial charge in [-0.25, -0.2) is 4.98 Å². The van der Waals surface area contributed by atoms with Gasteiger partial charge in [0.2, 0.25) is 0 Å². The molecule has 124 valence electrons. The van der Waals surface area contributed by atoms with Crippen LogP contribution in [0, 0.1) is 0 Å². The zero-order chi connectivity index (χ0) is 17.1. The number of halogens is 2. The van der Waals surface area contributed by atoms with Gasteiger partial charge in [-0.3, -0.25) is 9.59 Å². The Bertz CT molecular complexity index is 789. The van der Waals surface area contributed by atoms with E-state index in [1.165, 1.54) is 0 Å². The Hall–Kier alpha value is -2.11. The van der Waals surface area contributed by atoms with Gasteiger partial charge in [-0.15, -0.1) is 0 Å². The summed E-state index contributed by atoms with van der Waals surface area (Å²) in [5, 5.41) is 3.49. The molecule has 2 aromatic rings. The summed E-state index contributed by atoms with van der Waals surface area (Å²) in [5.41, 5.74) is 0.863. The first-order chi connectivity index (χ1) is 11.5. The highest BCUT2D eigenvalue weighted by molar-refractivity contribution is 6.36. The van der Waals surface area contributed by atoms with E-state index in [0.29, 0.717) is 15.7 Å². The van der Waals surface area contributed by atoms with Crippen molar-refractivity contribution >= 4 is 40.7 Å². The second-order valence-electron chi connectivity index (χ2n) is 5.49. The fourth-order valence-corrected chi connectivity index (χ4v) is 3.00. The topological polar surface area (TPSA) is 62.3 Å². The average Bonchev–Trinajstić information content (AvgIpc) is 3.11. The molecule has 1 aromatic heterocycles. The third-order valence-corrected chi connectivity index (χ3v) is 4.32. The van der Waals surface area contributed by atoms with Crippen LogP contribution >= 0.6 is 23.2 Å². The van der Waals surface area contributed by atoms with E-state index in [2.05, 4.69) is 10.3 Å². The van der Waals surface area contributed by atoms with Crippen LogP contribution in [0.25, 0.3) is 0 Å². The van der Waals surface area contributed by atoms with E-state index in [-0.39, 0.29) is 17.3 Å². The molecule has 1 N–H and O–H groups in total. The Morgan fingerprint density at radius 2 is 1.75 bits per heavy atom. The maximum Gasteiger partial charge on any atom is 0.274 e. The molecule has 1 aliphatic heterocycles. The Kier molecular flexibility index (Phi) is 5.02. The van der Waals surface area contributed by atoms with E-state index in [0.717, 1.165) is 25.9 Å². The summed E-state index contributed by atoms with van der Waals surface area (Å²) < 4.78 is 0. The lowest BCUT2D eigenvalue weighted by atomic mass is 10.2. The Labute approximate surface area is 149 Å². The lowest BCUT2D eigenvalue weighted by Gasteiger charge is -2.15. The van der Waals surface area contributed by atoms with Gasteiger partial charge in [0.05, 0.1) is 10.7 Å². The van der Waals surface area contributed by atoms with Crippen molar-refractivity contribution in [2.75, 3.05) is 18.4 Å². The van der Waals surface area contributed by atoms with Crippen LogP contribution in [0.4, 0.5) is 5.69 Å². The van der Waals surface area contributed by atoms with Crippen LogP contribution in [0.3, 0.4) is 0 Å². The number of nitrogens with zero attached hydrogens (tertiary/aromatic N) is 2. The summed E-state index contributed by atoms with van der Waals surface area (Å²) in [5.74, 6) is -0.582. The Morgan fingerprint density at radius 3 is 2.46 bits per heavy atom. The van der Waals surface area contributed by atoms with Crippen LogP contribution in [0.15, 0.2) is 36.4 Å². The number of aromatic nitrogens is 1. The normalized spacial score (nSPS) is 13.8. The van der Waals surface area contributed by atoms with Crippen LogP contribution in [-0.4, -0.2) is 34.8 Å². The zero-order valence-electron chi connectivity index (χ0n) is 12.8. The second kappa shape index (κ2) is 7.20. The fourth-order valence-electron chi connectivity index (χ4n) is 2.54. The number of nitrogens with one attached hydrogen (secondary N) is 1. The molecule has 3 rings (SSSR count). The van der Waals surface area contributed by atoms with Crippen molar-refractivity contribution < 1.29 is 9.59 Å². The first-order valence-electron chi connectivity index (χ1n) is 7.57. The first kappa shape index (κ1) is 16.7. The van der Waals surface area contributed by atoms with Crippen LogP contribution in [0.5, 0.6) is 0 Å². The number of likely N-dealkylation sites (tertiary alicyclic amines) is 1. The van der Waals surface area contributed by atoms with Crippen LogP contribution in [-0.2, 0) is 0 Å². The van der Waals surface area contributed by atoms with Crippen molar-refractivity contribution in [3.63, 3.8) is 0 Å². The standard InChI is InChI=1S/C17H15Cl2N3O2/c18-11-6-7-13(12(19)10-11)21-16(23)14-4-3-5-15(20-14)17(24)22-8-1-2-9-22/h3-7,10H,1-2,8-9H2,(H,21,23). The molecular formula is C17H15Cl2N3O2. The number of pyridine rings is 1. The molecule has 0 bridgehead atoms. The van der Waals surface area contributed by atoms with Gasteiger partial charge >= 0.3 is 0 Å². The number of carbonyl (C=O) groups excluding carboxylic acids is 2. The molecule has 0 saturated carbocycles. The zero-order valence-corrected chi connectivity index (χ0v) is 14.3. The van der Waals surface area contributed by atoms with Gasteiger partial charge in [-0.2, -0.15) is 0 Å². The summed E-state index contributed by atoms with van der Waals surface area (Å²) in [4.78, 5) is 30.7. The second-order valence-corrected chi connectivity index (χ2v) is 6.33. The van der Waals surface area contributed by atoms with E-state index in [4.69, 9.17) is 23.2 Å². The molecule has 0 unspecified atom stereocenters. The van der Waals surface area contributed by atoms with Crippen molar-refractivity contribution in [2.24, 2.45) is 0 Å². The molecule has 24 heavy (non-hydrogen) atoms. The van der Waals surface area contributed by atoms with Gasteiger partial charge in [0.25, 0.3) is 11.8 Å². The first-order valence-corrected chi connectivity index (χ1v) is 8.33. The number of hydrogen-bond donors (Lipinski definition) is 1. The van der Waals surface area contributed by atoms with E-state index < -0.39 is 5.91 Å². The predicted molar refractivity (Wildman–Crippen MR) is 93.8 cm³/mol. The maximum atomic E-state index is 12.4. The highest BCUT2D eigenvalue weighted by Gasteiger charge is 2.21. The third-order valence-electron chi connectivity index (χ3n) is 3.77. The van der Waals surface area contributed by atoms with Crippen molar-refractivity contribution in [2.45, 2.75) is 12.8 Å². The molecule has 2 amide bonds. The van der Waals surface area contributed by atoms with Crippen LogP contribution in [0.2, 0.25) is 10.0 Å².